The minimum absolute atomic E-state index is 0.650. The summed E-state index contributed by atoms with van der Waals surface area (Å²) in [5.41, 5.74) is 3.94. The van der Waals surface area contributed by atoms with Gasteiger partial charge < -0.3 is 0 Å². The molecule has 0 spiro atoms. The van der Waals surface area contributed by atoms with Crippen molar-refractivity contribution < 1.29 is 4.79 Å². The predicted molar refractivity (Wildman–Crippen MR) is 71.8 cm³/mol. The van der Waals surface area contributed by atoms with Crippen molar-refractivity contribution in [1.29, 1.82) is 0 Å². The normalized spacial score (nSPS) is 38.1. The van der Waals surface area contributed by atoms with E-state index in [1.54, 1.807) is 0 Å². The largest absolute Gasteiger partial charge is 0.298 e. The van der Waals surface area contributed by atoms with E-state index in [1.165, 1.54) is 30.4 Å². The summed E-state index contributed by atoms with van der Waals surface area (Å²) >= 11 is 0. The zero-order valence-corrected chi connectivity index (χ0v) is 11.2. The Morgan fingerprint density at radius 3 is 2.76 bits per heavy atom. The van der Waals surface area contributed by atoms with Crippen molar-refractivity contribution >= 4 is 6.29 Å². The first-order chi connectivity index (χ1) is 8.13. The summed E-state index contributed by atoms with van der Waals surface area (Å²) in [5, 5.41) is 0. The molecule has 0 N–H and O–H groups in total. The lowest BCUT2D eigenvalue weighted by molar-refractivity contribution is -0.105. The highest BCUT2D eigenvalue weighted by Gasteiger charge is 2.33. The van der Waals surface area contributed by atoms with Crippen LogP contribution in [-0.4, -0.2) is 6.29 Å². The number of carbonyl (C=O) groups excluding carboxylic acids is 1. The van der Waals surface area contributed by atoms with Crippen LogP contribution in [0.4, 0.5) is 0 Å². The van der Waals surface area contributed by atoms with Crippen LogP contribution >= 0.6 is 0 Å². The molecular weight excluding hydrogens is 208 g/mol. The molecule has 17 heavy (non-hydrogen) atoms. The average molecular weight is 232 g/mol. The first-order valence-corrected chi connectivity index (χ1v) is 6.96. The number of allylic oxidation sites excluding steroid dienone is 3. The maximum absolute atomic E-state index is 11.2. The first-order valence-electron chi connectivity index (χ1n) is 6.96. The molecule has 0 radical (unpaired) electrons. The van der Waals surface area contributed by atoms with Crippen LogP contribution in [0.15, 0.2) is 23.3 Å². The van der Waals surface area contributed by atoms with Crippen LogP contribution in [0.2, 0.25) is 0 Å². The number of rotatable bonds is 2. The molecule has 3 atom stereocenters. The summed E-state index contributed by atoms with van der Waals surface area (Å²) in [5.74, 6) is 2.07. The number of fused-ring (bicyclic) bond motifs is 1. The van der Waals surface area contributed by atoms with Gasteiger partial charge in [-0.15, -0.1) is 0 Å². The molecule has 1 saturated carbocycles. The average Bonchev–Trinajstić information content (AvgIpc) is 2.59. The first kappa shape index (κ1) is 12.6. The van der Waals surface area contributed by atoms with Gasteiger partial charge in [0.2, 0.25) is 0 Å². The lowest BCUT2D eigenvalue weighted by Gasteiger charge is -2.28. The lowest BCUT2D eigenvalue weighted by atomic mass is 9.77. The Hall–Kier alpha value is -0.850. The molecule has 0 aliphatic heterocycles. The van der Waals surface area contributed by atoms with Gasteiger partial charge in [0.1, 0.15) is 6.29 Å². The van der Waals surface area contributed by atoms with Gasteiger partial charge in [-0.2, -0.15) is 0 Å². The highest BCUT2D eigenvalue weighted by molar-refractivity contribution is 5.75. The summed E-state index contributed by atoms with van der Waals surface area (Å²) in [6.07, 6.45) is 8.12. The smallest absolute Gasteiger partial charge is 0.145 e. The highest BCUT2D eigenvalue weighted by atomic mass is 16.1. The van der Waals surface area contributed by atoms with Crippen molar-refractivity contribution in [3.05, 3.63) is 23.3 Å². The second kappa shape index (κ2) is 5.20. The molecule has 0 aromatic carbocycles. The van der Waals surface area contributed by atoms with Crippen LogP contribution in [-0.2, 0) is 4.79 Å². The molecule has 0 aromatic heterocycles. The van der Waals surface area contributed by atoms with Gasteiger partial charge in [0.25, 0.3) is 0 Å². The molecule has 0 aromatic rings. The van der Waals surface area contributed by atoms with Gasteiger partial charge in [-0.3, -0.25) is 4.79 Å². The second-order valence-electron chi connectivity index (χ2n) is 5.96. The van der Waals surface area contributed by atoms with Gasteiger partial charge in [0.15, 0.2) is 0 Å². The zero-order chi connectivity index (χ0) is 12.4. The Morgan fingerprint density at radius 2 is 2.12 bits per heavy atom. The Kier molecular flexibility index (Phi) is 3.86. The molecule has 1 fully saturated rings. The zero-order valence-electron chi connectivity index (χ0n) is 11.2. The topological polar surface area (TPSA) is 17.1 Å². The SMILES string of the molecule is C=C(C)[C@@H]1CCC/C(C=O)=C2/CC[C@H](C)[C@@H]2C1. The van der Waals surface area contributed by atoms with Crippen LogP contribution in [0.3, 0.4) is 0 Å². The van der Waals surface area contributed by atoms with Gasteiger partial charge in [-0.05, 0) is 68.8 Å². The molecule has 1 nitrogen and oxygen atoms in total. The highest BCUT2D eigenvalue weighted by Crippen LogP contribution is 2.45. The molecule has 1 heteroatoms. The minimum Gasteiger partial charge on any atom is -0.298 e. The van der Waals surface area contributed by atoms with Crippen molar-refractivity contribution in [3.8, 4) is 0 Å². The van der Waals surface area contributed by atoms with E-state index >= 15 is 0 Å². The third kappa shape index (κ3) is 2.53. The van der Waals surface area contributed by atoms with Crippen molar-refractivity contribution in [2.75, 3.05) is 0 Å². The van der Waals surface area contributed by atoms with E-state index < -0.39 is 0 Å². The molecule has 0 saturated heterocycles. The summed E-state index contributed by atoms with van der Waals surface area (Å²) in [6.45, 7) is 8.65. The van der Waals surface area contributed by atoms with E-state index in [0.29, 0.717) is 11.8 Å². The van der Waals surface area contributed by atoms with Crippen molar-refractivity contribution in [2.24, 2.45) is 17.8 Å². The van der Waals surface area contributed by atoms with Gasteiger partial charge >= 0.3 is 0 Å². The molecule has 0 unspecified atom stereocenters. The standard InChI is InChI=1S/C16H24O/c1-11(2)13-5-4-6-14(10-17)15-8-7-12(3)16(15)9-13/h10,12-13,16H,1,4-9H2,2-3H3/b15-14+/t12-,13+,16-/m0/s1. The third-order valence-electron chi connectivity index (χ3n) is 4.79. The molecule has 0 bridgehead atoms. The molecule has 94 valence electrons. The van der Waals surface area contributed by atoms with Crippen molar-refractivity contribution in [1.82, 2.24) is 0 Å². The van der Waals surface area contributed by atoms with Gasteiger partial charge in [0.05, 0.1) is 0 Å². The number of hydrogen-bond donors (Lipinski definition) is 0. The predicted octanol–water partition coefficient (Wildman–Crippen LogP) is 4.29. The second-order valence-corrected chi connectivity index (χ2v) is 5.96. The van der Waals surface area contributed by atoms with Crippen LogP contribution in [0.25, 0.3) is 0 Å². The Labute approximate surface area is 105 Å². The van der Waals surface area contributed by atoms with Crippen LogP contribution in [0.1, 0.15) is 52.4 Å². The maximum atomic E-state index is 11.2. The van der Waals surface area contributed by atoms with E-state index in [2.05, 4.69) is 20.4 Å². The summed E-state index contributed by atoms with van der Waals surface area (Å²) in [6, 6.07) is 0. The van der Waals surface area contributed by atoms with Crippen molar-refractivity contribution in [3.63, 3.8) is 0 Å². The van der Waals surface area contributed by atoms with E-state index in [1.807, 2.05) is 0 Å². The lowest BCUT2D eigenvalue weighted by Crippen LogP contribution is -2.17. The number of carbonyl (C=O) groups is 1. The Balaban J connectivity index is 2.28. The monoisotopic (exact) mass is 232 g/mol. The fraction of sp³-hybridized carbons (Fsp3) is 0.688. The molecule has 2 aliphatic carbocycles. The van der Waals surface area contributed by atoms with Gasteiger partial charge in [-0.25, -0.2) is 0 Å². The van der Waals surface area contributed by atoms with Crippen LogP contribution < -0.4 is 0 Å². The number of hydrogen-bond acceptors (Lipinski definition) is 1. The molecule has 2 rings (SSSR count). The summed E-state index contributed by atoms with van der Waals surface area (Å²) in [7, 11) is 0. The summed E-state index contributed by atoms with van der Waals surface area (Å²) in [4.78, 5) is 11.2. The fourth-order valence-corrected chi connectivity index (χ4v) is 3.59. The van der Waals surface area contributed by atoms with Crippen molar-refractivity contribution in [2.45, 2.75) is 52.4 Å². The van der Waals surface area contributed by atoms with E-state index in [9.17, 15) is 4.79 Å². The summed E-state index contributed by atoms with van der Waals surface area (Å²) < 4.78 is 0. The van der Waals surface area contributed by atoms with Gasteiger partial charge in [0, 0.05) is 0 Å². The number of aldehydes is 1. The Bertz CT molecular complexity index is 351. The Morgan fingerprint density at radius 1 is 1.35 bits per heavy atom. The molecular formula is C16H24O. The third-order valence-corrected chi connectivity index (χ3v) is 4.79. The molecule has 2 aliphatic rings. The van der Waals surface area contributed by atoms with E-state index in [0.717, 1.165) is 37.0 Å². The molecule has 0 heterocycles. The minimum atomic E-state index is 0.650. The van der Waals surface area contributed by atoms with E-state index in [4.69, 9.17) is 0 Å². The quantitative estimate of drug-likeness (QED) is 0.512. The molecule has 0 amide bonds. The maximum Gasteiger partial charge on any atom is 0.145 e. The van der Waals surface area contributed by atoms with Gasteiger partial charge in [-0.1, -0.05) is 24.6 Å². The van der Waals surface area contributed by atoms with Crippen LogP contribution in [0.5, 0.6) is 0 Å². The fourth-order valence-electron chi connectivity index (χ4n) is 3.59. The van der Waals surface area contributed by atoms with Crippen LogP contribution in [0, 0.1) is 17.8 Å². The van der Waals surface area contributed by atoms with E-state index in [-0.39, 0.29) is 0 Å².